The Hall–Kier alpha value is -1.94. The molecule has 1 aliphatic heterocycles. The van der Waals surface area contributed by atoms with Crippen LogP contribution in [0.1, 0.15) is 38.1 Å². The number of esters is 1. The molecule has 0 fully saturated rings. The van der Waals surface area contributed by atoms with Gasteiger partial charge in [-0.25, -0.2) is 9.79 Å². The van der Waals surface area contributed by atoms with Crippen LogP contribution in [-0.2, 0) is 9.53 Å². The van der Waals surface area contributed by atoms with Crippen molar-refractivity contribution in [2.75, 3.05) is 0 Å². The van der Waals surface area contributed by atoms with Crippen molar-refractivity contribution in [1.29, 1.82) is 0 Å². The Morgan fingerprint density at radius 2 is 2.00 bits per heavy atom. The Labute approximate surface area is 209 Å². The maximum absolute atomic E-state index is 13.5. The average Bonchev–Trinajstić information content (AvgIpc) is 3.19. The quantitative estimate of drug-likeness (QED) is 0.397. The number of halogens is 3. The fraction of sp³-hybridized carbons (Fsp3) is 0.227. The van der Waals surface area contributed by atoms with Crippen molar-refractivity contribution in [3.05, 3.63) is 86.8 Å². The van der Waals surface area contributed by atoms with Crippen LogP contribution in [0.5, 0.6) is 0 Å². The van der Waals surface area contributed by atoms with Gasteiger partial charge in [-0.05, 0) is 76.4 Å². The van der Waals surface area contributed by atoms with E-state index in [1.165, 1.54) is 15.9 Å². The number of ether oxygens (including phenoxy) is 1. The van der Waals surface area contributed by atoms with Crippen LogP contribution >= 0.6 is 54.8 Å². The molecule has 3 aromatic rings. The number of carbonyl (C=O) groups excluding carboxylic acids is 1. The molecular weight excluding hydrogens is 584 g/mol. The highest BCUT2D eigenvalue weighted by Gasteiger charge is 2.33. The topological polar surface area (TPSA) is 73.8 Å². The van der Waals surface area contributed by atoms with Gasteiger partial charge in [-0.3, -0.25) is 9.36 Å². The van der Waals surface area contributed by atoms with Crippen molar-refractivity contribution in [3.63, 3.8) is 0 Å². The minimum atomic E-state index is -0.688. The zero-order chi connectivity index (χ0) is 23.2. The number of allylic oxidation sites excluding steroid dienone is 1. The summed E-state index contributed by atoms with van der Waals surface area (Å²) < 4.78 is 14.3. The minimum Gasteiger partial charge on any atom is -0.459 e. The van der Waals surface area contributed by atoms with Crippen LogP contribution in [0.4, 0.5) is 0 Å². The summed E-state index contributed by atoms with van der Waals surface area (Å²) in [5.74, 6) is 0.00147. The van der Waals surface area contributed by atoms with Crippen molar-refractivity contribution < 1.29 is 13.9 Å². The number of hydrogen-bond acceptors (Lipinski definition) is 6. The fourth-order valence-electron chi connectivity index (χ4n) is 3.38. The molecule has 2 aromatic heterocycles. The molecule has 0 amide bonds. The van der Waals surface area contributed by atoms with Gasteiger partial charge in [0.1, 0.15) is 5.76 Å². The molecule has 1 atom stereocenters. The maximum Gasteiger partial charge on any atom is 0.338 e. The first-order valence-electron chi connectivity index (χ1n) is 9.59. The third-order valence-electron chi connectivity index (χ3n) is 4.71. The Kier molecular flexibility index (Phi) is 6.63. The lowest BCUT2D eigenvalue weighted by atomic mass is 9.96. The Morgan fingerprint density at radius 3 is 2.59 bits per heavy atom. The first-order chi connectivity index (χ1) is 15.2. The first-order valence-corrected chi connectivity index (χ1v) is 12.4. The van der Waals surface area contributed by atoms with E-state index in [0.717, 1.165) is 10.0 Å². The zero-order valence-corrected chi connectivity index (χ0v) is 21.9. The SMILES string of the molecule is CC1=C(C(=O)OC(C)C)[C@@H](c2ccc(Cl)cc2)n2c(s/c(=C/c3cc(Br)c(Br)o3)c2=O)=N1. The van der Waals surface area contributed by atoms with Crippen molar-refractivity contribution in [1.82, 2.24) is 4.57 Å². The van der Waals surface area contributed by atoms with E-state index < -0.39 is 12.0 Å². The molecule has 0 bridgehead atoms. The van der Waals surface area contributed by atoms with Crippen LogP contribution < -0.4 is 14.9 Å². The van der Waals surface area contributed by atoms with Gasteiger partial charge in [0.25, 0.3) is 5.56 Å². The average molecular weight is 601 g/mol. The number of carbonyl (C=O) groups is 1. The van der Waals surface area contributed by atoms with Gasteiger partial charge in [0, 0.05) is 11.1 Å². The largest absolute Gasteiger partial charge is 0.459 e. The number of hydrogen-bond donors (Lipinski definition) is 0. The highest BCUT2D eigenvalue weighted by molar-refractivity contribution is 9.13. The lowest BCUT2D eigenvalue weighted by Crippen LogP contribution is -2.40. The molecule has 0 N–H and O–H groups in total. The van der Waals surface area contributed by atoms with Crippen LogP contribution in [0.15, 0.2) is 64.9 Å². The van der Waals surface area contributed by atoms with E-state index in [1.807, 2.05) is 0 Å². The summed E-state index contributed by atoms with van der Waals surface area (Å²) in [4.78, 5) is 31.5. The second kappa shape index (κ2) is 9.13. The molecule has 0 unspecified atom stereocenters. The summed E-state index contributed by atoms with van der Waals surface area (Å²) in [5, 5.41) is 0.558. The van der Waals surface area contributed by atoms with E-state index in [-0.39, 0.29) is 11.7 Å². The molecule has 0 saturated carbocycles. The van der Waals surface area contributed by atoms with E-state index in [4.69, 9.17) is 20.8 Å². The van der Waals surface area contributed by atoms with Crippen molar-refractivity contribution in [2.45, 2.75) is 32.9 Å². The van der Waals surface area contributed by atoms with Gasteiger partial charge in [0.15, 0.2) is 9.47 Å². The number of fused-ring (bicyclic) bond motifs is 1. The highest BCUT2D eigenvalue weighted by Crippen LogP contribution is 2.32. The van der Waals surface area contributed by atoms with Gasteiger partial charge in [-0.2, -0.15) is 0 Å². The summed E-state index contributed by atoms with van der Waals surface area (Å²) in [5.41, 5.74) is 1.28. The molecule has 6 nitrogen and oxygen atoms in total. The van der Waals surface area contributed by atoms with Crippen molar-refractivity contribution >= 4 is 66.8 Å². The van der Waals surface area contributed by atoms with Crippen LogP contribution in [0, 0.1) is 0 Å². The molecule has 32 heavy (non-hydrogen) atoms. The van der Waals surface area contributed by atoms with Gasteiger partial charge < -0.3 is 9.15 Å². The standard InChI is InChI=1S/C22H17Br2ClN2O4S/c1-10(2)30-21(29)17-11(3)26-22-27(18(17)12-4-6-13(25)7-5-12)20(28)16(32-22)9-14-8-15(23)19(24)31-14/h4-10,18H,1-3H3/b16-9+/t18-/m1/s1. The third kappa shape index (κ3) is 4.44. The number of rotatable bonds is 4. The van der Waals surface area contributed by atoms with Gasteiger partial charge in [0.05, 0.1) is 32.4 Å². The molecule has 3 heterocycles. The number of nitrogens with zero attached hydrogens (tertiary/aromatic N) is 2. The van der Waals surface area contributed by atoms with Crippen LogP contribution in [0.2, 0.25) is 5.02 Å². The predicted molar refractivity (Wildman–Crippen MR) is 131 cm³/mol. The maximum atomic E-state index is 13.5. The van der Waals surface area contributed by atoms with Crippen molar-refractivity contribution in [3.8, 4) is 0 Å². The lowest BCUT2D eigenvalue weighted by Gasteiger charge is -2.25. The molecule has 1 aliphatic rings. The van der Waals surface area contributed by atoms with E-state index in [0.29, 0.717) is 36.1 Å². The number of benzene rings is 1. The first kappa shape index (κ1) is 23.2. The summed E-state index contributed by atoms with van der Waals surface area (Å²) in [7, 11) is 0. The normalized spacial score (nSPS) is 16.3. The van der Waals surface area contributed by atoms with Crippen LogP contribution in [0.25, 0.3) is 6.08 Å². The van der Waals surface area contributed by atoms with Crippen LogP contribution in [-0.4, -0.2) is 16.6 Å². The molecule has 0 radical (unpaired) electrons. The Balaban J connectivity index is 1.94. The van der Waals surface area contributed by atoms with Gasteiger partial charge in [0.2, 0.25) is 0 Å². The van der Waals surface area contributed by atoms with Gasteiger partial charge in [-0.15, -0.1) is 0 Å². The predicted octanol–water partition coefficient (Wildman–Crippen LogP) is 4.96. The third-order valence-corrected chi connectivity index (χ3v) is 7.65. The van der Waals surface area contributed by atoms with Crippen LogP contribution in [0.3, 0.4) is 0 Å². The highest BCUT2D eigenvalue weighted by atomic mass is 79.9. The Bertz CT molecular complexity index is 1400. The Morgan fingerprint density at radius 1 is 1.31 bits per heavy atom. The number of aromatic nitrogens is 1. The molecule has 166 valence electrons. The van der Waals surface area contributed by atoms with E-state index in [1.54, 1.807) is 57.2 Å². The summed E-state index contributed by atoms with van der Waals surface area (Å²) in [6, 6.07) is 8.12. The molecule has 10 heteroatoms. The van der Waals surface area contributed by atoms with Gasteiger partial charge in [-0.1, -0.05) is 35.1 Å². The second-order valence-electron chi connectivity index (χ2n) is 7.36. The summed E-state index contributed by atoms with van der Waals surface area (Å²) in [6.07, 6.45) is 1.35. The molecule has 0 spiro atoms. The smallest absolute Gasteiger partial charge is 0.338 e. The summed E-state index contributed by atoms with van der Waals surface area (Å²) >= 11 is 14.0. The zero-order valence-electron chi connectivity index (χ0n) is 17.2. The van der Waals surface area contributed by atoms with Gasteiger partial charge >= 0.3 is 5.97 Å². The fourth-order valence-corrected chi connectivity index (χ4v) is 5.14. The number of furan rings is 1. The molecule has 1 aromatic carbocycles. The summed E-state index contributed by atoms with van der Waals surface area (Å²) in [6.45, 7) is 5.30. The van der Waals surface area contributed by atoms with E-state index in [9.17, 15) is 9.59 Å². The minimum absolute atomic E-state index is 0.278. The molecule has 0 saturated heterocycles. The lowest BCUT2D eigenvalue weighted by molar-refractivity contribution is -0.143. The molecule has 4 rings (SSSR count). The van der Waals surface area contributed by atoms with E-state index in [2.05, 4.69) is 36.9 Å². The molecular formula is C22H17Br2ClN2O4S. The van der Waals surface area contributed by atoms with E-state index >= 15 is 0 Å². The van der Waals surface area contributed by atoms with Crippen molar-refractivity contribution in [2.24, 2.45) is 4.99 Å². The second-order valence-corrected chi connectivity index (χ2v) is 10.4. The molecule has 0 aliphatic carbocycles. The number of thiazole rings is 1. The monoisotopic (exact) mass is 598 g/mol.